The monoisotopic (exact) mass is 234 g/mol. The molecule has 3 heteroatoms. The van der Waals surface area contributed by atoms with Crippen molar-refractivity contribution in [3.8, 4) is 5.88 Å². The van der Waals surface area contributed by atoms with Gasteiger partial charge in [-0.3, -0.25) is 0 Å². The zero-order valence-electron chi connectivity index (χ0n) is 10.8. The quantitative estimate of drug-likeness (QED) is 0.870. The molecule has 3 nitrogen and oxygen atoms in total. The minimum absolute atomic E-state index is 0.357. The molecule has 0 bridgehead atoms. The third-order valence-corrected chi connectivity index (χ3v) is 3.36. The summed E-state index contributed by atoms with van der Waals surface area (Å²) in [4.78, 5) is 4.29. The number of pyridine rings is 1. The van der Waals surface area contributed by atoms with Crippen molar-refractivity contribution in [1.29, 1.82) is 0 Å². The number of rotatable bonds is 4. The van der Waals surface area contributed by atoms with Crippen LogP contribution in [0, 0.1) is 5.92 Å². The fourth-order valence-electron chi connectivity index (χ4n) is 2.49. The van der Waals surface area contributed by atoms with Gasteiger partial charge in [0.1, 0.15) is 6.10 Å². The number of aromatic nitrogens is 1. The number of nitrogens with one attached hydrogen (secondary N) is 1. The van der Waals surface area contributed by atoms with E-state index >= 15 is 0 Å². The van der Waals surface area contributed by atoms with Crippen LogP contribution in [0.3, 0.4) is 0 Å². The normalized spacial score (nSPS) is 24.6. The van der Waals surface area contributed by atoms with E-state index in [4.69, 9.17) is 4.74 Å². The van der Waals surface area contributed by atoms with Gasteiger partial charge < -0.3 is 10.1 Å². The molecule has 0 amide bonds. The summed E-state index contributed by atoms with van der Waals surface area (Å²) < 4.78 is 5.97. The minimum atomic E-state index is 0.357. The van der Waals surface area contributed by atoms with Crippen LogP contribution in [0.4, 0.5) is 0 Å². The Bertz CT molecular complexity index is 354. The molecule has 94 valence electrons. The average Bonchev–Trinajstić information content (AvgIpc) is 2.30. The first kappa shape index (κ1) is 12.4. The van der Waals surface area contributed by atoms with Gasteiger partial charge in [-0.1, -0.05) is 13.3 Å². The van der Waals surface area contributed by atoms with Gasteiger partial charge in [0.25, 0.3) is 0 Å². The van der Waals surface area contributed by atoms with Gasteiger partial charge in [-0.25, -0.2) is 4.98 Å². The van der Waals surface area contributed by atoms with Crippen molar-refractivity contribution in [1.82, 2.24) is 10.3 Å². The van der Waals surface area contributed by atoms with E-state index in [1.54, 1.807) is 0 Å². The number of hydrogen-bond donors (Lipinski definition) is 1. The first-order valence-corrected chi connectivity index (χ1v) is 6.54. The Hall–Kier alpha value is -1.09. The summed E-state index contributed by atoms with van der Waals surface area (Å²) in [5.74, 6) is 1.56. The standard InChI is InChI=1S/C14H22N2O/c1-11-4-3-5-13(8-11)17-14-9-12(10-15-2)6-7-16-14/h6-7,9,11,13,15H,3-5,8,10H2,1-2H3. The molecular formula is C14H22N2O. The van der Waals surface area contributed by atoms with Crippen LogP contribution in [0.25, 0.3) is 0 Å². The van der Waals surface area contributed by atoms with Crippen molar-refractivity contribution < 1.29 is 4.74 Å². The van der Waals surface area contributed by atoms with Crippen molar-refractivity contribution in [2.45, 2.75) is 45.3 Å². The van der Waals surface area contributed by atoms with Crippen molar-refractivity contribution >= 4 is 0 Å². The molecule has 2 unspecified atom stereocenters. The van der Waals surface area contributed by atoms with E-state index in [1.807, 2.05) is 25.4 Å². The zero-order valence-corrected chi connectivity index (χ0v) is 10.8. The lowest BCUT2D eigenvalue weighted by Gasteiger charge is -2.26. The summed E-state index contributed by atoms with van der Waals surface area (Å²) in [5.41, 5.74) is 1.22. The minimum Gasteiger partial charge on any atom is -0.474 e. The summed E-state index contributed by atoms with van der Waals surface area (Å²) in [7, 11) is 1.95. The topological polar surface area (TPSA) is 34.2 Å². The molecule has 17 heavy (non-hydrogen) atoms. The predicted octanol–water partition coefficient (Wildman–Crippen LogP) is 2.76. The zero-order chi connectivity index (χ0) is 12.1. The lowest BCUT2D eigenvalue weighted by atomic mass is 9.89. The fraction of sp³-hybridized carbons (Fsp3) is 0.643. The smallest absolute Gasteiger partial charge is 0.213 e. The Kier molecular flexibility index (Phi) is 4.37. The Morgan fingerprint density at radius 2 is 2.35 bits per heavy atom. The van der Waals surface area contributed by atoms with Crippen molar-refractivity contribution in [3.63, 3.8) is 0 Å². The number of hydrogen-bond acceptors (Lipinski definition) is 3. The molecule has 0 spiro atoms. The summed E-state index contributed by atoms with van der Waals surface area (Å²) in [5, 5.41) is 3.14. The van der Waals surface area contributed by atoms with Crippen molar-refractivity contribution in [2.75, 3.05) is 7.05 Å². The van der Waals surface area contributed by atoms with Gasteiger partial charge in [0.05, 0.1) is 0 Å². The average molecular weight is 234 g/mol. The highest BCUT2D eigenvalue weighted by molar-refractivity contribution is 5.20. The second-order valence-electron chi connectivity index (χ2n) is 5.04. The summed E-state index contributed by atoms with van der Waals surface area (Å²) in [6.45, 7) is 3.17. The SMILES string of the molecule is CNCc1ccnc(OC2CCCC(C)C2)c1. The Labute approximate surface area is 104 Å². The number of nitrogens with zero attached hydrogens (tertiary/aromatic N) is 1. The van der Waals surface area contributed by atoms with Crippen molar-refractivity contribution in [3.05, 3.63) is 23.9 Å². The maximum atomic E-state index is 5.97. The maximum absolute atomic E-state index is 5.97. The predicted molar refractivity (Wildman–Crippen MR) is 69.0 cm³/mol. The molecule has 0 radical (unpaired) electrons. The first-order chi connectivity index (χ1) is 8.28. The third-order valence-electron chi connectivity index (χ3n) is 3.36. The van der Waals surface area contributed by atoms with Gasteiger partial charge >= 0.3 is 0 Å². The summed E-state index contributed by atoms with van der Waals surface area (Å²) in [6, 6.07) is 4.06. The van der Waals surface area contributed by atoms with E-state index in [0.29, 0.717) is 6.10 Å². The van der Waals surface area contributed by atoms with Gasteiger partial charge in [-0.15, -0.1) is 0 Å². The van der Waals surface area contributed by atoms with Crippen LogP contribution < -0.4 is 10.1 Å². The van der Waals surface area contributed by atoms with E-state index in [9.17, 15) is 0 Å². The van der Waals surface area contributed by atoms with Crippen LogP contribution in [0.1, 0.15) is 38.2 Å². The maximum Gasteiger partial charge on any atom is 0.213 e. The van der Waals surface area contributed by atoms with Crippen LogP contribution in [-0.4, -0.2) is 18.1 Å². The lowest BCUT2D eigenvalue weighted by Crippen LogP contribution is -2.24. The van der Waals surface area contributed by atoms with Gasteiger partial charge in [0, 0.05) is 18.8 Å². The van der Waals surface area contributed by atoms with E-state index in [1.165, 1.54) is 24.8 Å². The molecular weight excluding hydrogens is 212 g/mol. The van der Waals surface area contributed by atoms with Crippen LogP contribution in [0.5, 0.6) is 5.88 Å². The molecule has 1 fully saturated rings. The molecule has 1 saturated carbocycles. The van der Waals surface area contributed by atoms with E-state index < -0.39 is 0 Å². The lowest BCUT2D eigenvalue weighted by molar-refractivity contribution is 0.124. The second kappa shape index (κ2) is 6.01. The third kappa shape index (κ3) is 3.70. The first-order valence-electron chi connectivity index (χ1n) is 6.54. The van der Waals surface area contributed by atoms with Gasteiger partial charge in [0.2, 0.25) is 5.88 Å². The summed E-state index contributed by atoms with van der Waals surface area (Å²) >= 11 is 0. The highest BCUT2D eigenvalue weighted by Crippen LogP contribution is 2.26. The van der Waals surface area contributed by atoms with Crippen LogP contribution in [0.2, 0.25) is 0 Å². The van der Waals surface area contributed by atoms with Gasteiger partial charge in [0.15, 0.2) is 0 Å². The highest BCUT2D eigenvalue weighted by atomic mass is 16.5. The highest BCUT2D eigenvalue weighted by Gasteiger charge is 2.20. The molecule has 1 heterocycles. The van der Waals surface area contributed by atoms with Crippen molar-refractivity contribution in [2.24, 2.45) is 5.92 Å². The molecule has 1 N–H and O–H groups in total. The molecule has 1 aromatic rings. The molecule has 1 aromatic heterocycles. The second-order valence-corrected chi connectivity index (χ2v) is 5.04. The van der Waals surface area contributed by atoms with Crippen LogP contribution in [-0.2, 0) is 6.54 Å². The summed E-state index contributed by atoms with van der Waals surface area (Å²) in [6.07, 6.45) is 7.14. The molecule has 2 rings (SSSR count). The molecule has 0 aliphatic heterocycles. The van der Waals surface area contributed by atoms with Crippen LogP contribution in [0.15, 0.2) is 18.3 Å². The molecule has 2 atom stereocenters. The van der Waals surface area contributed by atoms with Crippen LogP contribution >= 0.6 is 0 Å². The van der Waals surface area contributed by atoms with E-state index in [2.05, 4.69) is 17.2 Å². The molecule has 1 aliphatic rings. The van der Waals surface area contributed by atoms with E-state index in [0.717, 1.165) is 24.8 Å². The van der Waals surface area contributed by atoms with E-state index in [-0.39, 0.29) is 0 Å². The molecule has 1 aliphatic carbocycles. The molecule has 0 aromatic carbocycles. The Balaban J connectivity index is 1.95. The fourth-order valence-corrected chi connectivity index (χ4v) is 2.49. The largest absolute Gasteiger partial charge is 0.474 e. The van der Waals surface area contributed by atoms with Gasteiger partial charge in [-0.2, -0.15) is 0 Å². The van der Waals surface area contributed by atoms with Gasteiger partial charge in [-0.05, 0) is 43.9 Å². The Morgan fingerprint density at radius 1 is 1.47 bits per heavy atom. The number of ether oxygens (including phenoxy) is 1. The Morgan fingerprint density at radius 3 is 3.12 bits per heavy atom. The molecule has 0 saturated heterocycles.